The Morgan fingerprint density at radius 2 is 1.89 bits per heavy atom. The second-order valence-electron chi connectivity index (χ2n) is 6.59. The molecule has 3 aromatic carbocycles. The third-order valence-electron chi connectivity index (χ3n) is 5.07. The summed E-state index contributed by atoms with van der Waals surface area (Å²) in [6.07, 6.45) is 2.03. The van der Waals surface area contributed by atoms with E-state index in [-0.39, 0.29) is 10.7 Å². The van der Waals surface area contributed by atoms with Gasteiger partial charge in [0.1, 0.15) is 5.75 Å². The Kier molecular flexibility index (Phi) is 3.80. The number of H-pyrrole nitrogens is 1. The summed E-state index contributed by atoms with van der Waals surface area (Å²) in [6, 6.07) is 20.0. The molecule has 0 spiro atoms. The fraction of sp³-hybridized carbons (Fsp3) is 0.0870. The van der Waals surface area contributed by atoms with Crippen LogP contribution in [0.4, 0.5) is 0 Å². The lowest BCUT2D eigenvalue weighted by Gasteiger charge is -2.20. The maximum Gasteiger partial charge on any atom is 0.193 e. The van der Waals surface area contributed by atoms with Crippen LogP contribution in [0.3, 0.4) is 0 Å². The van der Waals surface area contributed by atoms with Crippen LogP contribution in [0.25, 0.3) is 27.9 Å². The molecule has 4 heteroatoms. The van der Waals surface area contributed by atoms with E-state index in [1.165, 1.54) is 0 Å². The third-order valence-corrected chi connectivity index (χ3v) is 6.14. The smallest absolute Gasteiger partial charge is 0.193 e. The molecule has 1 aliphatic heterocycles. The molecule has 1 unspecified atom stereocenters. The Morgan fingerprint density at radius 1 is 1.00 bits per heavy atom. The van der Waals surface area contributed by atoms with Gasteiger partial charge in [-0.3, -0.25) is 4.79 Å². The van der Waals surface area contributed by atoms with Crippen molar-refractivity contribution < 1.29 is 4.74 Å². The van der Waals surface area contributed by atoms with Crippen LogP contribution in [0.15, 0.2) is 70.9 Å². The molecule has 0 bridgehead atoms. The molecule has 1 aliphatic rings. The number of aromatic amines is 1. The second-order valence-corrected chi connectivity index (χ2v) is 7.60. The molecule has 0 amide bonds. The minimum Gasteiger partial charge on any atom is -0.497 e. The molecule has 132 valence electrons. The first kappa shape index (κ1) is 16.2. The van der Waals surface area contributed by atoms with E-state index in [2.05, 4.69) is 16.5 Å². The van der Waals surface area contributed by atoms with E-state index < -0.39 is 0 Å². The lowest BCUT2D eigenvalue weighted by molar-refractivity contribution is 0.414. The van der Waals surface area contributed by atoms with Gasteiger partial charge in [-0.1, -0.05) is 36.4 Å². The standard InChI is InChI=1S/C23H17NO2S/c1-26-16-6-4-5-15(13-16)23-20-14(11-12-27-23)9-10-19-21(22(20)25)17-7-2-3-8-18(17)24-19/h2-13,23-24H,1H3. The highest BCUT2D eigenvalue weighted by Gasteiger charge is 2.24. The third kappa shape index (κ3) is 2.56. The van der Waals surface area contributed by atoms with E-state index in [0.717, 1.165) is 44.2 Å². The lowest BCUT2D eigenvalue weighted by atomic mass is 9.99. The first-order valence-corrected chi connectivity index (χ1v) is 9.74. The fourth-order valence-electron chi connectivity index (χ4n) is 3.79. The summed E-state index contributed by atoms with van der Waals surface area (Å²) in [5.41, 5.74) is 4.82. The Bertz CT molecular complexity index is 1270. The topological polar surface area (TPSA) is 42.1 Å². The van der Waals surface area contributed by atoms with Crippen molar-refractivity contribution in [2.75, 3.05) is 7.11 Å². The predicted molar refractivity (Wildman–Crippen MR) is 114 cm³/mol. The molecule has 27 heavy (non-hydrogen) atoms. The molecule has 0 saturated heterocycles. The SMILES string of the molecule is COc1cccc(C2SC=Cc3ccc4[nH]c5ccccc5c4c(=O)c32)c1. The molecule has 1 N–H and O–H groups in total. The van der Waals surface area contributed by atoms with Gasteiger partial charge in [-0.2, -0.15) is 0 Å². The van der Waals surface area contributed by atoms with E-state index in [0.29, 0.717) is 0 Å². The van der Waals surface area contributed by atoms with Gasteiger partial charge in [-0.25, -0.2) is 0 Å². The van der Waals surface area contributed by atoms with Crippen LogP contribution >= 0.6 is 11.8 Å². The van der Waals surface area contributed by atoms with Gasteiger partial charge in [-0.15, -0.1) is 11.8 Å². The second kappa shape index (κ2) is 6.32. The van der Waals surface area contributed by atoms with Gasteiger partial charge in [-0.05, 0) is 46.9 Å². The summed E-state index contributed by atoms with van der Waals surface area (Å²) in [7, 11) is 1.66. The first-order valence-electron chi connectivity index (χ1n) is 8.80. The van der Waals surface area contributed by atoms with Gasteiger partial charge in [0.2, 0.25) is 0 Å². The van der Waals surface area contributed by atoms with Gasteiger partial charge in [0.15, 0.2) is 5.43 Å². The van der Waals surface area contributed by atoms with Crippen LogP contribution < -0.4 is 10.2 Å². The Balaban J connectivity index is 1.84. The van der Waals surface area contributed by atoms with Crippen LogP contribution in [0.5, 0.6) is 5.75 Å². The summed E-state index contributed by atoms with van der Waals surface area (Å²) < 4.78 is 5.39. The van der Waals surface area contributed by atoms with Crippen molar-refractivity contribution in [2.45, 2.75) is 5.25 Å². The summed E-state index contributed by atoms with van der Waals surface area (Å²) in [6.45, 7) is 0. The number of hydrogen-bond donors (Lipinski definition) is 1. The first-order chi connectivity index (χ1) is 13.3. The summed E-state index contributed by atoms with van der Waals surface area (Å²) >= 11 is 1.66. The molecule has 0 radical (unpaired) electrons. The molecule has 0 saturated carbocycles. The number of methoxy groups -OCH3 is 1. The van der Waals surface area contributed by atoms with Crippen LogP contribution in [-0.2, 0) is 0 Å². The molecule has 4 aromatic rings. The van der Waals surface area contributed by atoms with Gasteiger partial charge in [0, 0.05) is 16.5 Å². The molecular weight excluding hydrogens is 354 g/mol. The van der Waals surface area contributed by atoms with E-state index in [1.807, 2.05) is 60.7 Å². The predicted octanol–water partition coefficient (Wildman–Crippen LogP) is 5.50. The van der Waals surface area contributed by atoms with Gasteiger partial charge in [0.25, 0.3) is 0 Å². The Labute approximate surface area is 160 Å². The molecule has 2 heterocycles. The Hall–Kier alpha value is -2.98. The zero-order chi connectivity index (χ0) is 18.4. The molecule has 1 aromatic heterocycles. The minimum atomic E-state index is -0.0585. The van der Waals surface area contributed by atoms with Crippen molar-refractivity contribution in [1.82, 2.24) is 4.98 Å². The number of para-hydroxylation sites is 1. The van der Waals surface area contributed by atoms with Crippen LogP contribution in [0.2, 0.25) is 0 Å². The van der Waals surface area contributed by atoms with Gasteiger partial charge >= 0.3 is 0 Å². The highest BCUT2D eigenvalue weighted by atomic mass is 32.2. The number of thioether (sulfide) groups is 1. The zero-order valence-corrected chi connectivity index (χ0v) is 15.5. The normalized spacial score (nSPS) is 15.8. The summed E-state index contributed by atoms with van der Waals surface area (Å²) in [5.74, 6) is 0.800. The van der Waals surface area contributed by atoms with Crippen molar-refractivity contribution >= 4 is 39.6 Å². The summed E-state index contributed by atoms with van der Waals surface area (Å²) in [4.78, 5) is 17.1. The number of benzene rings is 2. The largest absolute Gasteiger partial charge is 0.497 e. The number of fused-ring (bicyclic) bond motifs is 4. The lowest BCUT2D eigenvalue weighted by Crippen LogP contribution is -2.13. The van der Waals surface area contributed by atoms with Crippen molar-refractivity contribution in [3.8, 4) is 5.75 Å². The number of ether oxygens (including phenoxy) is 1. The van der Waals surface area contributed by atoms with Crippen LogP contribution in [-0.4, -0.2) is 12.1 Å². The molecule has 0 fully saturated rings. The maximum absolute atomic E-state index is 13.7. The number of nitrogens with one attached hydrogen (secondary N) is 1. The van der Waals surface area contributed by atoms with Crippen LogP contribution in [0.1, 0.15) is 21.9 Å². The van der Waals surface area contributed by atoms with Crippen molar-refractivity contribution in [3.63, 3.8) is 0 Å². The summed E-state index contributed by atoms with van der Waals surface area (Å²) in [5, 5.41) is 3.74. The van der Waals surface area contributed by atoms with E-state index in [1.54, 1.807) is 18.9 Å². The Morgan fingerprint density at radius 3 is 2.78 bits per heavy atom. The van der Waals surface area contributed by atoms with E-state index >= 15 is 0 Å². The monoisotopic (exact) mass is 371 g/mol. The average molecular weight is 371 g/mol. The fourth-order valence-corrected chi connectivity index (χ4v) is 4.85. The van der Waals surface area contributed by atoms with Crippen LogP contribution in [0, 0.1) is 0 Å². The highest BCUT2D eigenvalue weighted by molar-refractivity contribution is 8.02. The molecule has 3 nitrogen and oxygen atoms in total. The van der Waals surface area contributed by atoms with Crippen molar-refractivity contribution in [1.29, 1.82) is 0 Å². The number of rotatable bonds is 2. The molecule has 1 atom stereocenters. The number of aromatic nitrogens is 1. The molecule has 5 rings (SSSR count). The van der Waals surface area contributed by atoms with Gasteiger partial charge < -0.3 is 9.72 Å². The highest BCUT2D eigenvalue weighted by Crippen LogP contribution is 2.42. The van der Waals surface area contributed by atoms with Crippen molar-refractivity contribution in [2.24, 2.45) is 0 Å². The molecule has 0 aliphatic carbocycles. The van der Waals surface area contributed by atoms with E-state index in [9.17, 15) is 4.79 Å². The van der Waals surface area contributed by atoms with E-state index in [4.69, 9.17) is 4.74 Å². The number of hydrogen-bond acceptors (Lipinski definition) is 3. The van der Waals surface area contributed by atoms with Crippen molar-refractivity contribution in [3.05, 3.63) is 93.0 Å². The zero-order valence-electron chi connectivity index (χ0n) is 14.7. The minimum absolute atomic E-state index is 0.0585. The maximum atomic E-state index is 13.7. The molecular formula is C23H17NO2S. The van der Waals surface area contributed by atoms with Gasteiger partial charge in [0.05, 0.1) is 23.3 Å². The average Bonchev–Trinajstić information content (AvgIpc) is 3.03. The quantitative estimate of drug-likeness (QED) is 0.506.